The lowest BCUT2D eigenvalue weighted by Gasteiger charge is -2.21. The van der Waals surface area contributed by atoms with Crippen LogP contribution in [0.5, 0.6) is 0 Å². The highest BCUT2D eigenvalue weighted by Crippen LogP contribution is 1.98. The van der Waals surface area contributed by atoms with Crippen molar-refractivity contribution < 1.29 is 14.3 Å². The minimum absolute atomic E-state index is 0.347. The number of carbonyl (C=O) groups is 1. The van der Waals surface area contributed by atoms with Crippen LogP contribution in [0.3, 0.4) is 0 Å². The third-order valence-electron chi connectivity index (χ3n) is 1.35. The second-order valence-corrected chi connectivity index (χ2v) is 2.08. The van der Waals surface area contributed by atoms with Gasteiger partial charge in [-0.05, 0) is 6.42 Å². The molecule has 1 saturated heterocycles. The fourth-order valence-electron chi connectivity index (χ4n) is 0.824. The number of ether oxygens (including phenoxy) is 2. The van der Waals surface area contributed by atoms with E-state index in [9.17, 15) is 4.79 Å². The van der Waals surface area contributed by atoms with Crippen molar-refractivity contribution in [3.8, 4) is 0 Å². The summed E-state index contributed by atoms with van der Waals surface area (Å²) in [7, 11) is 1.35. The molecule has 1 fully saturated rings. The van der Waals surface area contributed by atoms with Gasteiger partial charge in [0, 0.05) is 6.54 Å². The van der Waals surface area contributed by atoms with Crippen molar-refractivity contribution in [2.75, 3.05) is 20.3 Å². The molecule has 0 aromatic heterocycles. The summed E-state index contributed by atoms with van der Waals surface area (Å²) in [6.07, 6.45) is 0.409. The monoisotopic (exact) mass is 145 g/mol. The van der Waals surface area contributed by atoms with Gasteiger partial charge < -0.3 is 9.47 Å². The van der Waals surface area contributed by atoms with E-state index in [1.165, 1.54) is 7.11 Å². The van der Waals surface area contributed by atoms with E-state index in [-0.39, 0.29) is 5.97 Å². The first-order valence-corrected chi connectivity index (χ1v) is 3.27. The highest BCUT2D eigenvalue weighted by molar-refractivity contribution is 5.74. The Morgan fingerprint density at radius 2 is 2.60 bits per heavy atom. The van der Waals surface area contributed by atoms with Gasteiger partial charge in [-0.25, -0.2) is 4.79 Å². The second-order valence-electron chi connectivity index (χ2n) is 2.08. The predicted octanol–water partition coefficient (Wildman–Crippen LogP) is -0.505. The summed E-state index contributed by atoms with van der Waals surface area (Å²) in [5.74, 6) is -0.347. The smallest absolute Gasteiger partial charge is 0.350 e. The summed E-state index contributed by atoms with van der Waals surface area (Å²) in [5.41, 5.74) is 0. The van der Waals surface area contributed by atoms with Gasteiger partial charge in [0.15, 0.2) is 0 Å². The van der Waals surface area contributed by atoms with E-state index in [0.717, 1.165) is 13.0 Å². The molecule has 1 aliphatic rings. The van der Waals surface area contributed by atoms with E-state index < -0.39 is 6.23 Å². The second kappa shape index (κ2) is 3.53. The van der Waals surface area contributed by atoms with Crippen LogP contribution < -0.4 is 5.32 Å². The van der Waals surface area contributed by atoms with Crippen molar-refractivity contribution in [3.05, 3.63) is 0 Å². The molecule has 1 rings (SSSR count). The molecule has 1 aliphatic heterocycles. The minimum Gasteiger partial charge on any atom is -0.466 e. The Morgan fingerprint density at radius 3 is 3.10 bits per heavy atom. The van der Waals surface area contributed by atoms with Gasteiger partial charge in [0.2, 0.25) is 6.23 Å². The number of nitrogens with one attached hydrogen (secondary N) is 1. The zero-order valence-electron chi connectivity index (χ0n) is 5.92. The summed E-state index contributed by atoms with van der Waals surface area (Å²) >= 11 is 0. The van der Waals surface area contributed by atoms with Crippen molar-refractivity contribution in [2.24, 2.45) is 0 Å². The topological polar surface area (TPSA) is 47.6 Å². The van der Waals surface area contributed by atoms with E-state index >= 15 is 0 Å². The van der Waals surface area contributed by atoms with Crippen LogP contribution in [0.4, 0.5) is 0 Å². The quantitative estimate of drug-likeness (QED) is 0.505. The van der Waals surface area contributed by atoms with Crippen LogP contribution in [-0.4, -0.2) is 32.5 Å². The van der Waals surface area contributed by atoms with Crippen LogP contribution >= 0.6 is 0 Å². The number of rotatable bonds is 1. The third kappa shape index (κ3) is 1.68. The Balaban J connectivity index is 2.31. The van der Waals surface area contributed by atoms with Gasteiger partial charge in [-0.15, -0.1) is 0 Å². The Kier molecular flexibility index (Phi) is 2.65. The maximum Gasteiger partial charge on any atom is 0.350 e. The summed E-state index contributed by atoms with van der Waals surface area (Å²) in [6.45, 7) is 1.45. The van der Waals surface area contributed by atoms with Crippen LogP contribution in [0.1, 0.15) is 6.42 Å². The first-order chi connectivity index (χ1) is 4.84. The van der Waals surface area contributed by atoms with Gasteiger partial charge in [-0.3, -0.25) is 5.32 Å². The molecule has 58 valence electrons. The highest BCUT2D eigenvalue weighted by Gasteiger charge is 2.21. The molecule has 1 atom stereocenters. The van der Waals surface area contributed by atoms with Gasteiger partial charge in [-0.2, -0.15) is 0 Å². The van der Waals surface area contributed by atoms with Crippen LogP contribution in [0, 0.1) is 0 Å². The molecule has 10 heavy (non-hydrogen) atoms. The fraction of sp³-hybridized carbons (Fsp3) is 0.833. The van der Waals surface area contributed by atoms with Gasteiger partial charge in [0.25, 0.3) is 0 Å². The van der Waals surface area contributed by atoms with Crippen molar-refractivity contribution >= 4 is 5.97 Å². The number of hydrogen-bond acceptors (Lipinski definition) is 4. The number of esters is 1. The summed E-state index contributed by atoms with van der Waals surface area (Å²) in [6, 6.07) is 0. The molecule has 0 saturated carbocycles. The lowest BCUT2D eigenvalue weighted by molar-refractivity contribution is -0.158. The zero-order chi connectivity index (χ0) is 7.40. The lowest BCUT2D eigenvalue weighted by Crippen LogP contribution is -2.44. The average Bonchev–Trinajstić information content (AvgIpc) is 2.05. The molecular formula is C6H11NO3. The molecule has 0 bridgehead atoms. The van der Waals surface area contributed by atoms with Crippen molar-refractivity contribution in [2.45, 2.75) is 12.6 Å². The van der Waals surface area contributed by atoms with E-state index in [4.69, 9.17) is 4.74 Å². The lowest BCUT2D eigenvalue weighted by atomic mass is 10.4. The Hall–Kier alpha value is -0.610. The minimum atomic E-state index is -0.543. The van der Waals surface area contributed by atoms with E-state index in [1.54, 1.807) is 0 Å². The maximum absolute atomic E-state index is 10.8. The van der Waals surface area contributed by atoms with Crippen LogP contribution in [0.2, 0.25) is 0 Å². The third-order valence-corrected chi connectivity index (χ3v) is 1.35. The zero-order valence-corrected chi connectivity index (χ0v) is 5.92. The standard InChI is InChI=1S/C6H11NO3/c1-9-6(8)5-7-3-2-4-10-5/h5,7H,2-4H2,1H3. The molecule has 0 spiro atoms. The van der Waals surface area contributed by atoms with Gasteiger partial charge in [0.1, 0.15) is 0 Å². The average molecular weight is 145 g/mol. The molecule has 0 radical (unpaired) electrons. The molecule has 4 heteroatoms. The molecule has 1 N–H and O–H groups in total. The van der Waals surface area contributed by atoms with E-state index in [1.807, 2.05) is 0 Å². The van der Waals surface area contributed by atoms with Crippen LogP contribution in [-0.2, 0) is 14.3 Å². The summed E-state index contributed by atoms with van der Waals surface area (Å²) in [5, 5.41) is 2.87. The predicted molar refractivity (Wildman–Crippen MR) is 34.4 cm³/mol. The van der Waals surface area contributed by atoms with E-state index in [0.29, 0.717) is 6.61 Å². The summed E-state index contributed by atoms with van der Waals surface area (Å²) < 4.78 is 9.51. The molecule has 1 unspecified atom stereocenters. The number of methoxy groups -OCH3 is 1. The van der Waals surface area contributed by atoms with Crippen molar-refractivity contribution in [3.63, 3.8) is 0 Å². The highest BCUT2D eigenvalue weighted by atomic mass is 16.6. The van der Waals surface area contributed by atoms with Crippen LogP contribution in [0.25, 0.3) is 0 Å². The molecule has 0 aromatic carbocycles. The van der Waals surface area contributed by atoms with Gasteiger partial charge >= 0.3 is 5.97 Å². The van der Waals surface area contributed by atoms with E-state index in [2.05, 4.69) is 10.1 Å². The first kappa shape index (κ1) is 7.50. The maximum atomic E-state index is 10.8. The van der Waals surface area contributed by atoms with Crippen molar-refractivity contribution in [1.82, 2.24) is 5.32 Å². The largest absolute Gasteiger partial charge is 0.466 e. The molecule has 0 aromatic rings. The number of hydrogen-bond donors (Lipinski definition) is 1. The molecule has 4 nitrogen and oxygen atoms in total. The molecule has 1 heterocycles. The molecule has 0 amide bonds. The SMILES string of the molecule is COC(=O)C1NCCCO1. The Morgan fingerprint density at radius 1 is 1.80 bits per heavy atom. The molecule has 0 aliphatic carbocycles. The van der Waals surface area contributed by atoms with Gasteiger partial charge in [0.05, 0.1) is 13.7 Å². The van der Waals surface area contributed by atoms with Crippen LogP contribution in [0.15, 0.2) is 0 Å². The first-order valence-electron chi connectivity index (χ1n) is 3.27. The molecular weight excluding hydrogens is 134 g/mol. The Labute approximate surface area is 59.5 Å². The summed E-state index contributed by atoms with van der Waals surface area (Å²) in [4.78, 5) is 10.8. The number of carbonyl (C=O) groups excluding carboxylic acids is 1. The van der Waals surface area contributed by atoms with Crippen molar-refractivity contribution in [1.29, 1.82) is 0 Å². The normalized spacial score (nSPS) is 25.9. The van der Waals surface area contributed by atoms with Gasteiger partial charge in [-0.1, -0.05) is 0 Å². The fourth-order valence-corrected chi connectivity index (χ4v) is 0.824. The Bertz CT molecular complexity index is 120.